The van der Waals surface area contributed by atoms with E-state index in [1.807, 2.05) is 18.2 Å². The zero-order valence-corrected chi connectivity index (χ0v) is 15.1. The molecule has 8 heteroatoms. The third kappa shape index (κ3) is 4.38. The Morgan fingerprint density at radius 1 is 1.00 bits per heavy atom. The van der Waals surface area contributed by atoms with Gasteiger partial charge < -0.3 is 5.73 Å². The van der Waals surface area contributed by atoms with Crippen molar-refractivity contribution in [1.82, 2.24) is 9.97 Å². The van der Waals surface area contributed by atoms with E-state index in [1.165, 1.54) is 30.5 Å². The summed E-state index contributed by atoms with van der Waals surface area (Å²) in [6.07, 6.45) is 4.99. The van der Waals surface area contributed by atoms with E-state index in [0.717, 1.165) is 5.56 Å². The zero-order valence-electron chi connectivity index (χ0n) is 13.5. The van der Waals surface area contributed by atoms with Gasteiger partial charge in [0.25, 0.3) is 10.0 Å². The fourth-order valence-electron chi connectivity index (χ4n) is 2.13. The van der Waals surface area contributed by atoms with Crippen molar-refractivity contribution in [2.24, 2.45) is 0 Å². The minimum absolute atomic E-state index is 0.0249. The van der Waals surface area contributed by atoms with E-state index < -0.39 is 10.0 Å². The Labute approximate surface area is 156 Å². The minimum Gasteiger partial charge on any atom is -0.399 e. The fraction of sp³-hybridized carbons (Fsp3) is 0. The van der Waals surface area contributed by atoms with Crippen LogP contribution in [-0.2, 0) is 10.0 Å². The lowest BCUT2D eigenvalue weighted by molar-refractivity contribution is 0.601. The molecule has 0 saturated carbocycles. The first-order chi connectivity index (χ1) is 12.4. The van der Waals surface area contributed by atoms with Crippen LogP contribution in [0.2, 0.25) is 5.02 Å². The smallest absolute Gasteiger partial charge is 0.264 e. The van der Waals surface area contributed by atoms with Crippen LogP contribution in [0, 0.1) is 0 Å². The molecule has 0 aliphatic rings. The Hall–Kier alpha value is -2.90. The second kappa shape index (κ2) is 7.55. The summed E-state index contributed by atoms with van der Waals surface area (Å²) in [5, 5.41) is 0.613. The van der Waals surface area contributed by atoms with Gasteiger partial charge in [0.1, 0.15) is 0 Å². The number of benzene rings is 2. The molecule has 0 aliphatic heterocycles. The molecule has 3 N–H and O–H groups in total. The summed E-state index contributed by atoms with van der Waals surface area (Å²) in [6, 6.07) is 14.9. The number of nitrogens with one attached hydrogen (secondary N) is 1. The molecule has 0 spiro atoms. The highest BCUT2D eigenvalue weighted by Crippen LogP contribution is 2.18. The fourth-order valence-corrected chi connectivity index (χ4v) is 3.28. The monoisotopic (exact) mass is 386 g/mol. The number of rotatable bonds is 5. The van der Waals surface area contributed by atoms with E-state index in [-0.39, 0.29) is 10.8 Å². The first kappa shape index (κ1) is 17.9. The molecule has 0 radical (unpaired) electrons. The lowest BCUT2D eigenvalue weighted by Gasteiger charge is -2.07. The summed E-state index contributed by atoms with van der Waals surface area (Å²) < 4.78 is 27.1. The molecule has 0 fully saturated rings. The van der Waals surface area contributed by atoms with E-state index in [1.54, 1.807) is 24.3 Å². The van der Waals surface area contributed by atoms with Crippen LogP contribution < -0.4 is 10.5 Å². The lowest BCUT2D eigenvalue weighted by Crippen LogP contribution is -2.15. The van der Waals surface area contributed by atoms with E-state index in [4.69, 9.17) is 17.3 Å². The van der Waals surface area contributed by atoms with E-state index in [9.17, 15) is 8.42 Å². The molecule has 0 amide bonds. The van der Waals surface area contributed by atoms with Gasteiger partial charge in [-0.15, -0.1) is 0 Å². The van der Waals surface area contributed by atoms with Crippen LogP contribution in [0.3, 0.4) is 0 Å². The molecule has 1 heterocycles. The van der Waals surface area contributed by atoms with Crippen molar-refractivity contribution < 1.29 is 8.42 Å². The molecule has 3 rings (SSSR count). The molecule has 2 aromatic carbocycles. The summed E-state index contributed by atoms with van der Waals surface area (Å²) in [6.45, 7) is 0. The van der Waals surface area contributed by atoms with Crippen LogP contribution in [0.15, 0.2) is 65.7 Å². The highest BCUT2D eigenvalue weighted by Gasteiger charge is 2.15. The average Bonchev–Trinajstić information content (AvgIpc) is 2.61. The van der Waals surface area contributed by atoms with Crippen molar-refractivity contribution >= 4 is 45.4 Å². The highest BCUT2D eigenvalue weighted by molar-refractivity contribution is 7.92. The molecular weight excluding hydrogens is 372 g/mol. The van der Waals surface area contributed by atoms with Gasteiger partial charge in [-0.25, -0.2) is 23.1 Å². The van der Waals surface area contributed by atoms with E-state index in [0.29, 0.717) is 16.4 Å². The number of halogens is 1. The molecule has 0 unspecified atom stereocenters. The van der Waals surface area contributed by atoms with Gasteiger partial charge in [0, 0.05) is 16.9 Å². The Morgan fingerprint density at radius 2 is 1.73 bits per heavy atom. The van der Waals surface area contributed by atoms with Crippen molar-refractivity contribution in [1.29, 1.82) is 0 Å². The van der Waals surface area contributed by atoms with Gasteiger partial charge in [0.2, 0.25) is 5.95 Å². The summed E-state index contributed by atoms with van der Waals surface area (Å²) in [5.74, 6) is -0.0249. The molecule has 3 aromatic rings. The van der Waals surface area contributed by atoms with Crippen molar-refractivity contribution in [2.75, 3.05) is 10.5 Å². The predicted octanol–water partition coefficient (Wildman–Crippen LogP) is 3.68. The average molecular weight is 387 g/mol. The summed E-state index contributed by atoms with van der Waals surface area (Å²) in [7, 11) is -3.80. The van der Waals surface area contributed by atoms with Crippen molar-refractivity contribution in [3.05, 3.63) is 77.1 Å². The topological polar surface area (TPSA) is 98.0 Å². The lowest BCUT2D eigenvalue weighted by atomic mass is 10.2. The number of nitrogen functional groups attached to an aromatic ring is 1. The maximum absolute atomic E-state index is 12.4. The highest BCUT2D eigenvalue weighted by atomic mass is 35.5. The second-order valence-electron chi connectivity index (χ2n) is 5.33. The number of nitrogens with zero attached hydrogens (tertiary/aromatic N) is 2. The molecule has 0 atom stereocenters. The number of sulfonamides is 1. The zero-order chi connectivity index (χ0) is 18.6. The summed E-state index contributed by atoms with van der Waals surface area (Å²) >= 11 is 6.10. The van der Waals surface area contributed by atoms with Crippen LogP contribution >= 0.6 is 11.6 Å². The first-order valence-electron chi connectivity index (χ1n) is 7.58. The van der Waals surface area contributed by atoms with Gasteiger partial charge in [-0.05, 0) is 48.0 Å². The molecular formula is C18H15ClN4O2S. The Bertz CT molecular complexity index is 1050. The SMILES string of the molecule is Nc1ccc(S(=O)(=O)Nc2nccc(C=Cc3ccccc3Cl)n2)cc1. The summed E-state index contributed by atoms with van der Waals surface area (Å²) in [4.78, 5) is 8.22. The van der Waals surface area contributed by atoms with Crippen LogP contribution in [0.25, 0.3) is 12.2 Å². The number of hydrogen-bond acceptors (Lipinski definition) is 5. The largest absolute Gasteiger partial charge is 0.399 e. The standard InChI is InChI=1S/C18H15ClN4O2S/c19-17-4-2-1-3-13(17)5-8-15-11-12-21-18(22-15)23-26(24,25)16-9-6-14(20)7-10-16/h1-12H,20H2,(H,21,22,23). The molecule has 0 bridgehead atoms. The van der Waals surface area contributed by atoms with Crippen molar-refractivity contribution in [3.8, 4) is 0 Å². The molecule has 132 valence electrons. The molecule has 1 aromatic heterocycles. The van der Waals surface area contributed by atoms with Crippen LogP contribution in [0.1, 0.15) is 11.3 Å². The maximum atomic E-state index is 12.4. The predicted molar refractivity (Wildman–Crippen MR) is 104 cm³/mol. The Morgan fingerprint density at radius 3 is 2.46 bits per heavy atom. The van der Waals surface area contributed by atoms with Gasteiger partial charge in [-0.1, -0.05) is 35.9 Å². The molecule has 0 saturated heterocycles. The molecule has 26 heavy (non-hydrogen) atoms. The summed E-state index contributed by atoms with van der Waals surface area (Å²) in [5.41, 5.74) is 7.42. The van der Waals surface area contributed by atoms with E-state index in [2.05, 4.69) is 14.7 Å². The third-order valence-electron chi connectivity index (χ3n) is 3.43. The van der Waals surface area contributed by atoms with Crippen LogP contribution in [-0.4, -0.2) is 18.4 Å². The van der Waals surface area contributed by atoms with Crippen molar-refractivity contribution in [2.45, 2.75) is 4.90 Å². The second-order valence-corrected chi connectivity index (χ2v) is 7.42. The number of nitrogens with two attached hydrogens (primary N) is 1. The van der Waals surface area contributed by atoms with Gasteiger partial charge in [0.15, 0.2) is 0 Å². The van der Waals surface area contributed by atoms with Gasteiger partial charge in [0.05, 0.1) is 10.6 Å². The molecule has 0 aliphatic carbocycles. The maximum Gasteiger partial charge on any atom is 0.264 e. The van der Waals surface area contributed by atoms with E-state index >= 15 is 0 Å². The molecule has 6 nitrogen and oxygen atoms in total. The third-order valence-corrected chi connectivity index (χ3v) is 5.12. The van der Waals surface area contributed by atoms with Gasteiger partial charge >= 0.3 is 0 Å². The minimum atomic E-state index is -3.80. The Balaban J connectivity index is 1.81. The van der Waals surface area contributed by atoms with Gasteiger partial charge in [-0.3, -0.25) is 0 Å². The number of hydrogen-bond donors (Lipinski definition) is 2. The quantitative estimate of drug-likeness (QED) is 0.652. The van der Waals surface area contributed by atoms with Crippen LogP contribution in [0.4, 0.5) is 11.6 Å². The van der Waals surface area contributed by atoms with Crippen LogP contribution in [0.5, 0.6) is 0 Å². The van der Waals surface area contributed by atoms with Gasteiger partial charge in [-0.2, -0.15) is 0 Å². The normalized spacial score (nSPS) is 11.6. The Kier molecular flexibility index (Phi) is 5.20. The number of aromatic nitrogens is 2. The van der Waals surface area contributed by atoms with Crippen molar-refractivity contribution in [3.63, 3.8) is 0 Å². The first-order valence-corrected chi connectivity index (χ1v) is 9.44. The number of anilines is 2.